The normalized spacial score (nSPS) is 20.8. The van der Waals surface area contributed by atoms with E-state index >= 15 is 0 Å². The molecule has 162 valence electrons. The first kappa shape index (κ1) is 21.1. The SMILES string of the molecule is N#Cc1ccc(N2CC3CC2CN3C(=O)CC(N)Cc2cc(F)c(F)cc2F)c(F)c1. The topological polar surface area (TPSA) is 73.4 Å². The second-order valence-corrected chi connectivity index (χ2v) is 8.05. The molecule has 2 fully saturated rings. The number of likely N-dealkylation sites (tertiary alicyclic amines) is 1. The van der Waals surface area contributed by atoms with Crippen LogP contribution >= 0.6 is 0 Å². The maximum Gasteiger partial charge on any atom is 0.224 e. The van der Waals surface area contributed by atoms with E-state index < -0.39 is 29.3 Å². The first-order chi connectivity index (χ1) is 14.8. The van der Waals surface area contributed by atoms with E-state index in [0.29, 0.717) is 31.3 Å². The van der Waals surface area contributed by atoms with Crippen molar-refractivity contribution in [2.45, 2.75) is 37.4 Å². The molecular formula is C22H20F4N4O. The summed E-state index contributed by atoms with van der Waals surface area (Å²) in [5, 5.41) is 8.88. The molecule has 4 rings (SSSR count). The van der Waals surface area contributed by atoms with Gasteiger partial charge in [-0.15, -0.1) is 0 Å². The van der Waals surface area contributed by atoms with E-state index in [2.05, 4.69) is 0 Å². The Morgan fingerprint density at radius 3 is 2.45 bits per heavy atom. The Morgan fingerprint density at radius 2 is 1.81 bits per heavy atom. The quantitative estimate of drug-likeness (QED) is 0.583. The standard InChI is InChI=1S/C22H20F4N4O/c23-17-8-19(25)18(24)5-13(17)4-14(28)6-22(31)30-11-15-7-16(30)10-29(15)21-2-1-12(9-27)3-20(21)26/h1-3,5,8,14-16H,4,6-7,10-11,28H2. The molecule has 2 bridgehead atoms. The lowest BCUT2D eigenvalue weighted by molar-refractivity contribution is -0.132. The van der Waals surface area contributed by atoms with E-state index in [0.717, 1.165) is 6.07 Å². The number of rotatable bonds is 5. The summed E-state index contributed by atoms with van der Waals surface area (Å²) in [6.07, 6.45) is 0.532. The van der Waals surface area contributed by atoms with Crippen LogP contribution in [0.3, 0.4) is 0 Å². The first-order valence-corrected chi connectivity index (χ1v) is 9.91. The Bertz CT molecular complexity index is 1070. The predicted octanol–water partition coefficient (Wildman–Crippen LogP) is 2.86. The Balaban J connectivity index is 1.37. The van der Waals surface area contributed by atoms with Crippen molar-refractivity contribution in [3.63, 3.8) is 0 Å². The van der Waals surface area contributed by atoms with Gasteiger partial charge in [-0.25, -0.2) is 17.6 Å². The zero-order valence-electron chi connectivity index (χ0n) is 16.5. The molecule has 0 aliphatic carbocycles. The average Bonchev–Trinajstić information content (AvgIpc) is 3.32. The summed E-state index contributed by atoms with van der Waals surface area (Å²) < 4.78 is 54.6. The highest BCUT2D eigenvalue weighted by atomic mass is 19.2. The number of halogens is 4. The molecule has 2 aliphatic heterocycles. The monoisotopic (exact) mass is 432 g/mol. The highest BCUT2D eigenvalue weighted by Gasteiger charge is 2.45. The van der Waals surface area contributed by atoms with Crippen molar-refractivity contribution in [3.8, 4) is 6.07 Å². The van der Waals surface area contributed by atoms with E-state index in [1.165, 1.54) is 6.07 Å². The van der Waals surface area contributed by atoms with Gasteiger partial charge in [0.15, 0.2) is 11.6 Å². The minimum absolute atomic E-state index is 0.0451. The van der Waals surface area contributed by atoms with E-state index in [1.807, 2.05) is 11.0 Å². The smallest absolute Gasteiger partial charge is 0.224 e. The molecule has 3 atom stereocenters. The molecule has 0 saturated carbocycles. The van der Waals surface area contributed by atoms with Crippen molar-refractivity contribution in [2.75, 3.05) is 18.0 Å². The summed E-state index contributed by atoms with van der Waals surface area (Å²) >= 11 is 0. The Morgan fingerprint density at radius 1 is 1.06 bits per heavy atom. The number of carbonyl (C=O) groups excluding carboxylic acids is 1. The lowest BCUT2D eigenvalue weighted by Crippen LogP contribution is -2.50. The zero-order chi connectivity index (χ0) is 22.3. The summed E-state index contributed by atoms with van der Waals surface area (Å²) in [7, 11) is 0. The molecule has 0 radical (unpaired) electrons. The number of benzene rings is 2. The largest absolute Gasteiger partial charge is 0.362 e. The van der Waals surface area contributed by atoms with Crippen LogP contribution in [-0.4, -0.2) is 42.0 Å². The maximum absolute atomic E-state index is 14.4. The number of carbonyl (C=O) groups is 1. The van der Waals surface area contributed by atoms with Gasteiger partial charge < -0.3 is 15.5 Å². The van der Waals surface area contributed by atoms with Crippen LogP contribution in [0, 0.1) is 34.6 Å². The fraction of sp³-hybridized carbons (Fsp3) is 0.364. The number of nitriles is 1. The van der Waals surface area contributed by atoms with Crippen molar-refractivity contribution in [3.05, 3.63) is 64.7 Å². The third kappa shape index (κ3) is 4.08. The molecule has 5 nitrogen and oxygen atoms in total. The van der Waals surface area contributed by atoms with Crippen molar-refractivity contribution in [1.29, 1.82) is 5.26 Å². The fourth-order valence-electron chi connectivity index (χ4n) is 4.49. The number of anilines is 1. The fourth-order valence-corrected chi connectivity index (χ4v) is 4.49. The molecule has 2 aliphatic rings. The van der Waals surface area contributed by atoms with Gasteiger partial charge in [-0.1, -0.05) is 0 Å². The molecule has 9 heteroatoms. The third-order valence-corrected chi connectivity index (χ3v) is 5.96. The third-order valence-electron chi connectivity index (χ3n) is 5.96. The minimum Gasteiger partial charge on any atom is -0.362 e. The highest BCUT2D eigenvalue weighted by molar-refractivity contribution is 5.78. The summed E-state index contributed by atoms with van der Waals surface area (Å²) in [4.78, 5) is 16.3. The van der Waals surface area contributed by atoms with Crippen LogP contribution in [0.2, 0.25) is 0 Å². The maximum atomic E-state index is 14.4. The van der Waals surface area contributed by atoms with Gasteiger partial charge in [-0.05, 0) is 42.7 Å². The Labute approximate surface area is 176 Å². The van der Waals surface area contributed by atoms with Gasteiger partial charge in [0.1, 0.15) is 11.6 Å². The van der Waals surface area contributed by atoms with Crippen molar-refractivity contribution in [2.24, 2.45) is 5.73 Å². The molecule has 2 aromatic carbocycles. The van der Waals surface area contributed by atoms with Crippen molar-refractivity contribution >= 4 is 11.6 Å². The molecule has 2 saturated heterocycles. The van der Waals surface area contributed by atoms with E-state index in [-0.39, 0.29) is 42.0 Å². The summed E-state index contributed by atoms with van der Waals surface area (Å²) in [6.45, 7) is 0.876. The van der Waals surface area contributed by atoms with Crippen LogP contribution in [0.25, 0.3) is 0 Å². The number of piperazine rings is 1. The van der Waals surface area contributed by atoms with Crippen molar-refractivity contribution in [1.82, 2.24) is 4.90 Å². The van der Waals surface area contributed by atoms with E-state index in [9.17, 15) is 22.4 Å². The van der Waals surface area contributed by atoms with Gasteiger partial charge in [0, 0.05) is 37.7 Å². The second kappa shape index (κ2) is 8.19. The van der Waals surface area contributed by atoms with Gasteiger partial charge in [-0.2, -0.15) is 5.26 Å². The number of amides is 1. The van der Waals surface area contributed by atoms with E-state index in [1.54, 1.807) is 17.0 Å². The molecule has 31 heavy (non-hydrogen) atoms. The van der Waals surface area contributed by atoms with Crippen LogP contribution in [0.1, 0.15) is 24.0 Å². The summed E-state index contributed by atoms with van der Waals surface area (Å²) in [6, 6.07) is 6.57. The number of hydrogen-bond acceptors (Lipinski definition) is 4. The number of fused-ring (bicyclic) bond motifs is 2. The Kier molecular flexibility index (Phi) is 5.58. The van der Waals surface area contributed by atoms with Gasteiger partial charge in [0.2, 0.25) is 5.91 Å². The molecule has 2 N–H and O–H groups in total. The zero-order valence-corrected chi connectivity index (χ0v) is 16.5. The first-order valence-electron chi connectivity index (χ1n) is 9.91. The summed E-state index contributed by atoms with van der Waals surface area (Å²) in [5.41, 5.74) is 6.55. The minimum atomic E-state index is -1.28. The van der Waals surface area contributed by atoms with Gasteiger partial charge >= 0.3 is 0 Å². The number of nitrogens with two attached hydrogens (primary N) is 1. The van der Waals surface area contributed by atoms with Gasteiger partial charge in [0.25, 0.3) is 0 Å². The van der Waals surface area contributed by atoms with Crippen LogP contribution < -0.4 is 10.6 Å². The van der Waals surface area contributed by atoms with Crippen LogP contribution in [0.15, 0.2) is 30.3 Å². The lowest BCUT2D eigenvalue weighted by Gasteiger charge is -2.36. The van der Waals surface area contributed by atoms with Crippen LogP contribution in [0.5, 0.6) is 0 Å². The molecule has 0 aromatic heterocycles. The summed E-state index contributed by atoms with van der Waals surface area (Å²) in [5.74, 6) is -4.02. The predicted molar refractivity (Wildman–Crippen MR) is 105 cm³/mol. The Hall–Kier alpha value is -3.12. The van der Waals surface area contributed by atoms with Crippen LogP contribution in [-0.2, 0) is 11.2 Å². The highest BCUT2D eigenvalue weighted by Crippen LogP contribution is 2.36. The number of hydrogen-bond donors (Lipinski definition) is 1. The number of nitrogens with zero attached hydrogens (tertiary/aromatic N) is 3. The van der Waals surface area contributed by atoms with Gasteiger partial charge in [0.05, 0.1) is 23.4 Å². The van der Waals surface area contributed by atoms with Crippen LogP contribution in [0.4, 0.5) is 23.2 Å². The van der Waals surface area contributed by atoms with Crippen molar-refractivity contribution < 1.29 is 22.4 Å². The second-order valence-electron chi connectivity index (χ2n) is 8.05. The lowest BCUT2D eigenvalue weighted by atomic mass is 10.0. The molecular weight excluding hydrogens is 412 g/mol. The molecule has 3 unspecified atom stereocenters. The van der Waals surface area contributed by atoms with E-state index in [4.69, 9.17) is 11.0 Å². The molecule has 2 aromatic rings. The average molecular weight is 432 g/mol. The molecule has 1 amide bonds. The molecule has 2 heterocycles. The van der Waals surface area contributed by atoms with Gasteiger partial charge in [-0.3, -0.25) is 4.79 Å². The molecule has 0 spiro atoms.